The highest BCUT2D eigenvalue weighted by Crippen LogP contribution is 2.19. The van der Waals surface area contributed by atoms with Gasteiger partial charge in [0.25, 0.3) is 0 Å². The van der Waals surface area contributed by atoms with Gasteiger partial charge in [-0.1, -0.05) is 25.5 Å². The number of carbonyl (C=O) groups excluding carboxylic acids is 1. The molecule has 0 saturated heterocycles. The van der Waals surface area contributed by atoms with Crippen molar-refractivity contribution in [3.8, 4) is 0 Å². The Morgan fingerprint density at radius 1 is 1.41 bits per heavy atom. The summed E-state index contributed by atoms with van der Waals surface area (Å²) in [6.07, 6.45) is 3.66. The number of hydrogen-bond acceptors (Lipinski definition) is 3. The van der Waals surface area contributed by atoms with Crippen molar-refractivity contribution in [2.24, 2.45) is 5.92 Å². The minimum Gasteiger partial charge on any atom is -0.460 e. The highest BCUT2D eigenvalue weighted by Gasteiger charge is 2.29. The molecule has 0 bridgehead atoms. The highest BCUT2D eigenvalue weighted by molar-refractivity contribution is 5.78. The van der Waals surface area contributed by atoms with Crippen molar-refractivity contribution in [1.82, 2.24) is 0 Å². The zero-order valence-corrected chi connectivity index (χ0v) is 11.9. The minimum atomic E-state index is -1.41. The molecule has 0 radical (unpaired) electrons. The summed E-state index contributed by atoms with van der Waals surface area (Å²) in [6, 6.07) is 0. The molecule has 2 atom stereocenters. The monoisotopic (exact) mass is 242 g/mol. The van der Waals surface area contributed by atoms with E-state index in [1.54, 1.807) is 0 Å². The van der Waals surface area contributed by atoms with Crippen LogP contribution in [-0.4, -0.2) is 22.8 Å². The lowest BCUT2D eigenvalue weighted by molar-refractivity contribution is -0.170. The Balaban J connectivity index is 4.43. The highest BCUT2D eigenvalue weighted by atomic mass is 16.6. The second kappa shape index (κ2) is 6.80. The molecule has 3 nitrogen and oxygen atoms in total. The fourth-order valence-corrected chi connectivity index (χ4v) is 1.46. The lowest BCUT2D eigenvalue weighted by Crippen LogP contribution is -2.37. The Labute approximate surface area is 105 Å². The van der Waals surface area contributed by atoms with E-state index in [4.69, 9.17) is 4.74 Å². The van der Waals surface area contributed by atoms with Crippen LogP contribution in [0, 0.1) is 5.92 Å². The summed E-state index contributed by atoms with van der Waals surface area (Å²) < 4.78 is 5.34. The Morgan fingerprint density at radius 3 is 2.29 bits per heavy atom. The molecule has 0 rings (SSSR count). The topological polar surface area (TPSA) is 46.5 Å². The molecule has 0 amide bonds. The molecule has 1 N–H and O–H groups in total. The van der Waals surface area contributed by atoms with Gasteiger partial charge in [-0.2, -0.15) is 0 Å². The van der Waals surface area contributed by atoms with Gasteiger partial charge in [-0.25, -0.2) is 4.79 Å². The van der Waals surface area contributed by atoms with Crippen LogP contribution in [0.1, 0.15) is 54.4 Å². The fourth-order valence-electron chi connectivity index (χ4n) is 1.46. The standard InChI is InChI=1S/C14H26O3/c1-7-12(11(4)9-8-10(2)3)17-13(15)14(5,6)16/h8,11-12,16H,7,9H2,1-6H3. The van der Waals surface area contributed by atoms with Crippen LogP contribution in [0.25, 0.3) is 0 Å². The number of rotatable bonds is 6. The fraction of sp³-hybridized carbons (Fsp3) is 0.786. The second-order valence-electron chi connectivity index (χ2n) is 5.41. The maximum absolute atomic E-state index is 11.6. The molecule has 0 spiro atoms. The lowest BCUT2D eigenvalue weighted by Gasteiger charge is -2.25. The van der Waals surface area contributed by atoms with Crippen LogP contribution >= 0.6 is 0 Å². The Morgan fingerprint density at radius 2 is 1.94 bits per heavy atom. The molecule has 17 heavy (non-hydrogen) atoms. The molecule has 0 heterocycles. The molecule has 0 aromatic rings. The summed E-state index contributed by atoms with van der Waals surface area (Å²) in [4.78, 5) is 11.6. The third-order valence-corrected chi connectivity index (χ3v) is 2.69. The van der Waals surface area contributed by atoms with E-state index in [0.29, 0.717) is 0 Å². The molecule has 0 aliphatic heterocycles. The minimum absolute atomic E-state index is 0.135. The average Bonchev–Trinajstić information content (AvgIpc) is 2.20. The van der Waals surface area contributed by atoms with Crippen LogP contribution in [0.2, 0.25) is 0 Å². The molecule has 0 aliphatic rings. The van der Waals surface area contributed by atoms with Gasteiger partial charge in [0.05, 0.1) is 0 Å². The molecule has 0 saturated carbocycles. The predicted molar refractivity (Wildman–Crippen MR) is 69.7 cm³/mol. The van der Waals surface area contributed by atoms with E-state index >= 15 is 0 Å². The molecule has 3 heteroatoms. The third-order valence-electron chi connectivity index (χ3n) is 2.69. The van der Waals surface area contributed by atoms with Crippen LogP contribution < -0.4 is 0 Å². The first-order valence-electron chi connectivity index (χ1n) is 6.25. The van der Waals surface area contributed by atoms with Crippen molar-refractivity contribution >= 4 is 5.97 Å². The zero-order valence-electron chi connectivity index (χ0n) is 11.9. The van der Waals surface area contributed by atoms with E-state index in [1.807, 2.05) is 6.92 Å². The van der Waals surface area contributed by atoms with Gasteiger partial charge in [0, 0.05) is 0 Å². The normalized spacial score (nSPS) is 15.0. The van der Waals surface area contributed by atoms with Crippen molar-refractivity contribution < 1.29 is 14.6 Å². The Kier molecular flexibility index (Phi) is 6.46. The van der Waals surface area contributed by atoms with E-state index in [1.165, 1.54) is 19.4 Å². The summed E-state index contributed by atoms with van der Waals surface area (Å²) >= 11 is 0. The van der Waals surface area contributed by atoms with Gasteiger partial charge in [-0.05, 0) is 46.5 Å². The molecular weight excluding hydrogens is 216 g/mol. The average molecular weight is 242 g/mol. The van der Waals surface area contributed by atoms with Crippen LogP contribution in [0.4, 0.5) is 0 Å². The lowest BCUT2D eigenvalue weighted by atomic mass is 9.97. The number of hydrogen-bond donors (Lipinski definition) is 1. The largest absolute Gasteiger partial charge is 0.460 e. The third kappa shape index (κ3) is 6.47. The van der Waals surface area contributed by atoms with Gasteiger partial charge in [0.1, 0.15) is 6.10 Å². The zero-order chi connectivity index (χ0) is 13.6. The first-order chi connectivity index (χ1) is 7.68. The molecule has 0 aromatic heterocycles. The first kappa shape index (κ1) is 16.2. The van der Waals surface area contributed by atoms with E-state index in [0.717, 1.165) is 12.8 Å². The number of esters is 1. The second-order valence-corrected chi connectivity index (χ2v) is 5.41. The van der Waals surface area contributed by atoms with Crippen LogP contribution in [-0.2, 0) is 9.53 Å². The number of ether oxygens (including phenoxy) is 1. The predicted octanol–water partition coefficient (Wildman–Crippen LogP) is 3.07. The van der Waals surface area contributed by atoms with Gasteiger partial charge < -0.3 is 9.84 Å². The molecule has 0 fully saturated rings. The van der Waals surface area contributed by atoms with Gasteiger partial charge in [-0.3, -0.25) is 0 Å². The molecule has 0 aliphatic carbocycles. The van der Waals surface area contributed by atoms with Crippen LogP contribution in [0.3, 0.4) is 0 Å². The number of aliphatic hydroxyl groups is 1. The maximum atomic E-state index is 11.6. The Hall–Kier alpha value is -0.830. The van der Waals surface area contributed by atoms with E-state index in [2.05, 4.69) is 26.8 Å². The number of carbonyl (C=O) groups is 1. The maximum Gasteiger partial charge on any atom is 0.337 e. The van der Waals surface area contributed by atoms with Crippen LogP contribution in [0.15, 0.2) is 11.6 Å². The van der Waals surface area contributed by atoms with Crippen molar-refractivity contribution in [1.29, 1.82) is 0 Å². The van der Waals surface area contributed by atoms with Crippen molar-refractivity contribution in [2.45, 2.75) is 66.1 Å². The Bertz CT molecular complexity index is 270. The quantitative estimate of drug-likeness (QED) is 0.575. The molecule has 100 valence electrons. The van der Waals surface area contributed by atoms with Crippen molar-refractivity contribution in [3.05, 3.63) is 11.6 Å². The van der Waals surface area contributed by atoms with Crippen molar-refractivity contribution in [3.63, 3.8) is 0 Å². The van der Waals surface area contributed by atoms with Gasteiger partial charge >= 0.3 is 5.97 Å². The SMILES string of the molecule is CCC(OC(=O)C(C)(C)O)C(C)CC=C(C)C. The van der Waals surface area contributed by atoms with E-state index < -0.39 is 11.6 Å². The molecular formula is C14H26O3. The van der Waals surface area contributed by atoms with Gasteiger partial charge in [-0.15, -0.1) is 0 Å². The summed E-state index contributed by atoms with van der Waals surface area (Å²) in [5.74, 6) is -0.283. The van der Waals surface area contributed by atoms with Gasteiger partial charge in [0.2, 0.25) is 0 Å². The molecule has 2 unspecified atom stereocenters. The van der Waals surface area contributed by atoms with Crippen LogP contribution in [0.5, 0.6) is 0 Å². The molecule has 0 aromatic carbocycles. The first-order valence-corrected chi connectivity index (χ1v) is 6.25. The summed E-state index contributed by atoms with van der Waals surface area (Å²) in [5, 5.41) is 9.54. The van der Waals surface area contributed by atoms with Crippen molar-refractivity contribution in [2.75, 3.05) is 0 Å². The summed E-state index contributed by atoms with van der Waals surface area (Å²) in [6.45, 7) is 11.0. The summed E-state index contributed by atoms with van der Waals surface area (Å²) in [7, 11) is 0. The van der Waals surface area contributed by atoms with E-state index in [-0.39, 0.29) is 12.0 Å². The summed E-state index contributed by atoms with van der Waals surface area (Å²) in [5.41, 5.74) is -0.149. The number of allylic oxidation sites excluding steroid dienone is 2. The van der Waals surface area contributed by atoms with Gasteiger partial charge in [0.15, 0.2) is 5.60 Å². The van der Waals surface area contributed by atoms with E-state index in [9.17, 15) is 9.90 Å². The smallest absolute Gasteiger partial charge is 0.337 e.